The summed E-state index contributed by atoms with van der Waals surface area (Å²) in [6.45, 7) is 8.85. The zero-order chi connectivity index (χ0) is 12.3. The zero-order valence-electron chi connectivity index (χ0n) is 9.70. The van der Waals surface area contributed by atoms with Crippen LogP contribution in [0.15, 0.2) is 40.9 Å². The number of hydrogen-bond acceptors (Lipinski definition) is 2. The average Bonchev–Trinajstić information content (AvgIpc) is 2.16. The Hall–Kier alpha value is -0.850. The predicted octanol–water partition coefficient (Wildman–Crippen LogP) is 3.78. The van der Waals surface area contributed by atoms with Crippen LogP contribution >= 0.6 is 18.7 Å². The first-order valence-corrected chi connectivity index (χ1v) is 7.85. The fourth-order valence-corrected chi connectivity index (χ4v) is 2.42. The van der Waals surface area contributed by atoms with E-state index < -0.39 is 7.14 Å². The second kappa shape index (κ2) is 4.99. The van der Waals surface area contributed by atoms with Crippen LogP contribution < -0.4 is 5.30 Å². The van der Waals surface area contributed by atoms with Gasteiger partial charge in [-0.3, -0.25) is 4.99 Å². The molecule has 0 radical (unpaired) electrons. The lowest BCUT2D eigenvalue weighted by atomic mass is 10.3. The molecule has 0 atom stereocenters. The molecule has 0 bridgehead atoms. The quantitative estimate of drug-likeness (QED) is 0.597. The molecule has 1 aromatic rings. The van der Waals surface area contributed by atoms with Gasteiger partial charge in [0, 0.05) is 5.30 Å². The van der Waals surface area contributed by atoms with Gasteiger partial charge in [-0.25, -0.2) is 0 Å². The summed E-state index contributed by atoms with van der Waals surface area (Å²) in [7, 11) is -2.32. The molecule has 0 spiro atoms. The Kier molecular flexibility index (Phi) is 4.12. The first kappa shape index (κ1) is 13.2. The number of hydrogen-bond donors (Lipinski definition) is 0. The fraction of sp³-hybridized carbons (Fsp3) is 0.250. The van der Waals surface area contributed by atoms with E-state index in [1.165, 1.54) is 0 Å². The van der Waals surface area contributed by atoms with Gasteiger partial charge in [0.25, 0.3) is 0 Å². The van der Waals surface area contributed by atoms with Crippen LogP contribution in [-0.2, 0) is 4.57 Å². The van der Waals surface area contributed by atoms with E-state index in [4.69, 9.17) is 11.6 Å². The lowest BCUT2D eigenvalue weighted by Gasteiger charge is -2.10. The van der Waals surface area contributed by atoms with E-state index in [0.717, 1.165) is 5.30 Å². The molecule has 1 rings (SSSR count). The van der Waals surface area contributed by atoms with Gasteiger partial charge in [0.15, 0.2) is 0 Å². The monoisotopic (exact) mass is 255 g/mol. The van der Waals surface area contributed by atoms with Crippen LogP contribution in [0.5, 0.6) is 0 Å². The third kappa shape index (κ3) is 3.33. The lowest BCUT2D eigenvalue weighted by Crippen LogP contribution is -2.04. The van der Waals surface area contributed by atoms with E-state index in [1.54, 1.807) is 20.3 Å². The van der Waals surface area contributed by atoms with Gasteiger partial charge in [-0.1, -0.05) is 30.3 Å². The molecule has 0 N–H and O–H groups in total. The molecule has 86 valence electrons. The summed E-state index contributed by atoms with van der Waals surface area (Å²) in [5, 5.41) is 1.17. The summed E-state index contributed by atoms with van der Waals surface area (Å²) in [4.78, 5) is 4.34. The number of allylic oxidation sites excluding steroid dienone is 1. The van der Waals surface area contributed by atoms with Crippen molar-refractivity contribution in [2.24, 2.45) is 4.99 Å². The summed E-state index contributed by atoms with van der Waals surface area (Å²) in [5.41, 5.74) is 1.35. The average molecular weight is 256 g/mol. The minimum atomic E-state index is -2.32. The molecule has 0 saturated carbocycles. The van der Waals surface area contributed by atoms with Crippen molar-refractivity contribution in [3.63, 3.8) is 0 Å². The highest BCUT2D eigenvalue weighted by molar-refractivity contribution is 7.70. The van der Waals surface area contributed by atoms with Crippen LogP contribution in [0.3, 0.4) is 0 Å². The van der Waals surface area contributed by atoms with Crippen molar-refractivity contribution < 1.29 is 4.57 Å². The van der Waals surface area contributed by atoms with Crippen LogP contribution in [0.2, 0.25) is 0 Å². The minimum Gasteiger partial charge on any atom is -0.319 e. The number of nitrogens with zero attached hydrogens (tertiary/aromatic N) is 1. The van der Waals surface area contributed by atoms with E-state index >= 15 is 0 Å². The van der Waals surface area contributed by atoms with Crippen molar-refractivity contribution >= 4 is 35.4 Å². The highest BCUT2D eigenvalue weighted by atomic mass is 35.5. The standard InChI is InChI=1S/C12H15ClNOP/c1-9(13)10(2)14-11-7-5-6-8-12(11)16(3,4)15/h5-8H,1H2,2-4H3. The first-order valence-electron chi connectivity index (χ1n) is 4.87. The van der Waals surface area contributed by atoms with Gasteiger partial charge in [-0.15, -0.1) is 0 Å². The van der Waals surface area contributed by atoms with Crippen LogP contribution in [0.4, 0.5) is 5.69 Å². The smallest absolute Gasteiger partial charge is 0.111 e. The van der Waals surface area contributed by atoms with Crippen molar-refractivity contribution in [2.75, 3.05) is 13.3 Å². The molecule has 4 heteroatoms. The van der Waals surface area contributed by atoms with Crippen LogP contribution in [0.25, 0.3) is 0 Å². The van der Waals surface area contributed by atoms with Crippen molar-refractivity contribution in [1.29, 1.82) is 0 Å². The lowest BCUT2D eigenvalue weighted by molar-refractivity contribution is 0.588. The second-order valence-corrected chi connectivity index (χ2v) is 7.58. The van der Waals surface area contributed by atoms with Crippen LogP contribution in [-0.4, -0.2) is 19.0 Å². The molecule has 0 fully saturated rings. The molecule has 16 heavy (non-hydrogen) atoms. The summed E-state index contributed by atoms with van der Waals surface area (Å²) >= 11 is 5.75. The fourth-order valence-electron chi connectivity index (χ4n) is 1.26. The molecule has 0 aliphatic rings. The molecule has 0 aliphatic carbocycles. The first-order chi connectivity index (χ1) is 7.32. The molecule has 0 aromatic heterocycles. The van der Waals surface area contributed by atoms with Crippen LogP contribution in [0, 0.1) is 0 Å². The van der Waals surface area contributed by atoms with Gasteiger partial charge >= 0.3 is 0 Å². The number of halogens is 1. The topological polar surface area (TPSA) is 29.4 Å². The van der Waals surface area contributed by atoms with Gasteiger partial charge in [0.1, 0.15) is 7.14 Å². The summed E-state index contributed by atoms with van der Waals surface area (Å²) in [5.74, 6) is 0. The van der Waals surface area contributed by atoms with E-state index in [2.05, 4.69) is 11.6 Å². The molecule has 0 aliphatic heterocycles. The van der Waals surface area contributed by atoms with Gasteiger partial charge in [0.2, 0.25) is 0 Å². The van der Waals surface area contributed by atoms with Crippen molar-refractivity contribution in [3.8, 4) is 0 Å². The Balaban J connectivity index is 3.31. The Morgan fingerprint density at radius 1 is 1.38 bits per heavy atom. The third-order valence-corrected chi connectivity index (χ3v) is 3.95. The Morgan fingerprint density at radius 2 is 1.94 bits per heavy atom. The van der Waals surface area contributed by atoms with Gasteiger partial charge in [0.05, 0.1) is 16.4 Å². The molecule has 1 aromatic carbocycles. The maximum atomic E-state index is 12.1. The van der Waals surface area contributed by atoms with E-state index in [0.29, 0.717) is 16.4 Å². The highest BCUT2D eigenvalue weighted by Crippen LogP contribution is 2.38. The maximum Gasteiger partial charge on any atom is 0.111 e. The van der Waals surface area contributed by atoms with Crippen molar-refractivity contribution in [3.05, 3.63) is 35.9 Å². The molecule has 0 heterocycles. The second-order valence-electron chi connectivity index (χ2n) is 3.94. The van der Waals surface area contributed by atoms with Gasteiger partial charge < -0.3 is 4.57 Å². The SMILES string of the molecule is C=C(Cl)C(C)=Nc1ccccc1P(C)(C)=O. The number of aliphatic imine (C=N–C) groups is 1. The predicted molar refractivity (Wildman–Crippen MR) is 73.3 cm³/mol. The molecular weight excluding hydrogens is 241 g/mol. The van der Waals surface area contributed by atoms with E-state index in [1.807, 2.05) is 24.3 Å². The molecule has 2 nitrogen and oxygen atoms in total. The number of benzene rings is 1. The third-order valence-electron chi connectivity index (χ3n) is 2.14. The van der Waals surface area contributed by atoms with Crippen molar-refractivity contribution in [2.45, 2.75) is 6.92 Å². The summed E-state index contributed by atoms with van der Waals surface area (Å²) in [6.07, 6.45) is 0. The minimum absolute atomic E-state index is 0.400. The molecule has 0 amide bonds. The van der Waals surface area contributed by atoms with Gasteiger partial charge in [-0.2, -0.15) is 0 Å². The largest absolute Gasteiger partial charge is 0.319 e. The Labute approximate surface area is 101 Å². The van der Waals surface area contributed by atoms with Crippen LogP contribution in [0.1, 0.15) is 6.92 Å². The Bertz CT molecular complexity index is 488. The van der Waals surface area contributed by atoms with E-state index in [9.17, 15) is 4.57 Å². The number of para-hydroxylation sites is 1. The van der Waals surface area contributed by atoms with Crippen molar-refractivity contribution in [1.82, 2.24) is 0 Å². The number of rotatable bonds is 3. The molecule has 0 saturated heterocycles. The van der Waals surface area contributed by atoms with Gasteiger partial charge in [-0.05, 0) is 32.4 Å². The summed E-state index contributed by atoms with van der Waals surface area (Å²) in [6, 6.07) is 7.39. The highest BCUT2D eigenvalue weighted by Gasteiger charge is 2.15. The molecular formula is C12H15ClNOP. The zero-order valence-corrected chi connectivity index (χ0v) is 11.3. The molecule has 0 unspecified atom stereocenters. The summed E-state index contributed by atoms with van der Waals surface area (Å²) < 4.78 is 12.1. The normalized spacial score (nSPS) is 12.6. The maximum absolute atomic E-state index is 12.1. The van der Waals surface area contributed by atoms with E-state index in [-0.39, 0.29) is 0 Å². The Morgan fingerprint density at radius 3 is 2.44 bits per heavy atom.